The molecule has 2 rings (SSSR count). The van der Waals surface area contributed by atoms with Gasteiger partial charge in [-0.05, 0) is 44.7 Å². The molecule has 1 aromatic rings. The topological polar surface area (TPSA) is 53.6 Å². The molecule has 0 radical (unpaired) electrons. The summed E-state index contributed by atoms with van der Waals surface area (Å²) >= 11 is 0. The van der Waals surface area contributed by atoms with E-state index in [-0.39, 0.29) is 6.03 Å². The molecule has 1 heterocycles. The molecule has 2 amide bonds. The second-order valence-corrected chi connectivity index (χ2v) is 6.18. The molecule has 1 aliphatic rings. The van der Waals surface area contributed by atoms with Gasteiger partial charge in [-0.3, -0.25) is 4.84 Å². The summed E-state index contributed by atoms with van der Waals surface area (Å²) in [6, 6.07) is 10.1. The van der Waals surface area contributed by atoms with E-state index in [0.29, 0.717) is 25.1 Å². The number of hydrogen-bond donors (Lipinski definition) is 2. The van der Waals surface area contributed by atoms with Gasteiger partial charge in [0.1, 0.15) is 0 Å². The maximum Gasteiger partial charge on any atom is 0.338 e. The fourth-order valence-corrected chi connectivity index (χ4v) is 2.77. The van der Waals surface area contributed by atoms with Gasteiger partial charge in [-0.15, -0.1) is 0 Å². The van der Waals surface area contributed by atoms with Gasteiger partial charge in [0.2, 0.25) is 0 Å². The van der Waals surface area contributed by atoms with Crippen molar-refractivity contribution in [2.75, 3.05) is 19.6 Å². The van der Waals surface area contributed by atoms with Crippen molar-refractivity contribution in [3.63, 3.8) is 0 Å². The highest BCUT2D eigenvalue weighted by Gasteiger charge is 2.21. The van der Waals surface area contributed by atoms with Crippen LogP contribution in [0, 0.1) is 5.92 Å². The number of benzene rings is 1. The van der Waals surface area contributed by atoms with Crippen LogP contribution in [0.5, 0.6) is 0 Å². The van der Waals surface area contributed by atoms with Gasteiger partial charge in [-0.25, -0.2) is 10.3 Å². The number of amides is 2. The van der Waals surface area contributed by atoms with Crippen LogP contribution in [0.2, 0.25) is 0 Å². The molecule has 1 aliphatic heterocycles. The maximum atomic E-state index is 11.7. The standard InChI is InChI=1S/C17H27N3O2/c1-14(2)20-10-6-9-16(12-20)11-18-17(21)19-22-13-15-7-4-3-5-8-15/h3-5,7-8,14,16H,6,9-13H2,1-2H3,(H2,18,19,21). The van der Waals surface area contributed by atoms with Crippen molar-refractivity contribution in [2.45, 2.75) is 39.3 Å². The van der Waals surface area contributed by atoms with Crippen LogP contribution in [0.3, 0.4) is 0 Å². The number of nitrogens with one attached hydrogen (secondary N) is 2. The number of hydroxylamine groups is 1. The van der Waals surface area contributed by atoms with Crippen molar-refractivity contribution in [3.8, 4) is 0 Å². The molecular formula is C17H27N3O2. The number of rotatable bonds is 6. The number of nitrogens with zero attached hydrogens (tertiary/aromatic N) is 1. The highest BCUT2D eigenvalue weighted by molar-refractivity contribution is 5.72. The van der Waals surface area contributed by atoms with Gasteiger partial charge in [-0.1, -0.05) is 30.3 Å². The van der Waals surface area contributed by atoms with E-state index in [9.17, 15) is 4.79 Å². The summed E-state index contributed by atoms with van der Waals surface area (Å²) in [6.45, 7) is 7.74. The summed E-state index contributed by atoms with van der Waals surface area (Å²) in [5.74, 6) is 0.524. The lowest BCUT2D eigenvalue weighted by atomic mass is 9.97. The minimum Gasteiger partial charge on any atom is -0.336 e. The van der Waals surface area contributed by atoms with E-state index >= 15 is 0 Å². The Labute approximate surface area is 133 Å². The van der Waals surface area contributed by atoms with Gasteiger partial charge in [0.15, 0.2) is 0 Å². The molecule has 5 nitrogen and oxygen atoms in total. The number of urea groups is 1. The molecule has 122 valence electrons. The first-order valence-electron chi connectivity index (χ1n) is 8.08. The van der Waals surface area contributed by atoms with Crippen LogP contribution in [-0.2, 0) is 11.4 Å². The highest BCUT2D eigenvalue weighted by atomic mass is 16.7. The predicted octanol–water partition coefficient (Wildman–Crippen LogP) is 2.54. The third-order valence-corrected chi connectivity index (χ3v) is 4.08. The van der Waals surface area contributed by atoms with Crippen LogP contribution in [0.15, 0.2) is 30.3 Å². The van der Waals surface area contributed by atoms with Crippen LogP contribution >= 0.6 is 0 Å². The largest absolute Gasteiger partial charge is 0.338 e. The fourth-order valence-electron chi connectivity index (χ4n) is 2.77. The van der Waals surface area contributed by atoms with E-state index in [1.54, 1.807) is 0 Å². The molecule has 0 spiro atoms. The lowest BCUT2D eigenvalue weighted by molar-refractivity contribution is 0.0481. The zero-order valence-electron chi connectivity index (χ0n) is 13.5. The molecule has 0 aromatic heterocycles. The quantitative estimate of drug-likeness (QED) is 0.794. The third-order valence-electron chi connectivity index (χ3n) is 4.08. The molecule has 1 fully saturated rings. The van der Waals surface area contributed by atoms with Gasteiger partial charge < -0.3 is 10.2 Å². The molecule has 1 unspecified atom stereocenters. The summed E-state index contributed by atoms with van der Waals surface area (Å²) in [4.78, 5) is 19.4. The molecular weight excluding hydrogens is 278 g/mol. The Morgan fingerprint density at radius 3 is 2.86 bits per heavy atom. The Kier molecular flexibility index (Phi) is 6.68. The second-order valence-electron chi connectivity index (χ2n) is 6.18. The van der Waals surface area contributed by atoms with Gasteiger partial charge in [-0.2, -0.15) is 0 Å². The molecule has 5 heteroatoms. The van der Waals surface area contributed by atoms with E-state index in [4.69, 9.17) is 4.84 Å². The van der Waals surface area contributed by atoms with Crippen molar-refractivity contribution in [1.29, 1.82) is 0 Å². The van der Waals surface area contributed by atoms with E-state index in [1.165, 1.54) is 19.4 Å². The molecule has 2 N–H and O–H groups in total. The van der Waals surface area contributed by atoms with E-state index in [2.05, 4.69) is 29.5 Å². The number of piperidine rings is 1. The van der Waals surface area contributed by atoms with Crippen molar-refractivity contribution in [2.24, 2.45) is 5.92 Å². The average Bonchev–Trinajstić information content (AvgIpc) is 2.54. The molecule has 0 bridgehead atoms. The maximum absolute atomic E-state index is 11.7. The normalized spacial score (nSPS) is 19.1. The van der Waals surface area contributed by atoms with Gasteiger partial charge in [0.25, 0.3) is 0 Å². The van der Waals surface area contributed by atoms with Crippen LogP contribution in [-0.4, -0.2) is 36.6 Å². The third kappa shape index (κ3) is 5.66. The molecule has 0 saturated carbocycles. The molecule has 1 atom stereocenters. The van der Waals surface area contributed by atoms with Crippen molar-refractivity contribution < 1.29 is 9.63 Å². The zero-order chi connectivity index (χ0) is 15.8. The molecule has 1 aromatic carbocycles. The average molecular weight is 305 g/mol. The highest BCUT2D eigenvalue weighted by Crippen LogP contribution is 2.17. The van der Waals surface area contributed by atoms with Crippen molar-refractivity contribution in [3.05, 3.63) is 35.9 Å². The minimum absolute atomic E-state index is 0.266. The monoisotopic (exact) mass is 305 g/mol. The van der Waals surface area contributed by atoms with E-state index in [0.717, 1.165) is 12.1 Å². The van der Waals surface area contributed by atoms with Crippen molar-refractivity contribution >= 4 is 6.03 Å². The Morgan fingerprint density at radius 1 is 1.36 bits per heavy atom. The predicted molar refractivity (Wildman–Crippen MR) is 87.2 cm³/mol. The second kappa shape index (κ2) is 8.76. The molecule has 1 saturated heterocycles. The zero-order valence-corrected chi connectivity index (χ0v) is 13.5. The molecule has 0 aliphatic carbocycles. The number of likely N-dealkylation sites (tertiary alicyclic amines) is 1. The first-order valence-corrected chi connectivity index (χ1v) is 8.08. The first-order chi connectivity index (χ1) is 10.6. The Bertz CT molecular complexity index is 450. The number of hydrogen-bond acceptors (Lipinski definition) is 3. The van der Waals surface area contributed by atoms with Crippen molar-refractivity contribution in [1.82, 2.24) is 15.7 Å². The Hall–Kier alpha value is -1.59. The van der Waals surface area contributed by atoms with Crippen LogP contribution in [0.1, 0.15) is 32.3 Å². The summed E-state index contributed by atoms with van der Waals surface area (Å²) in [7, 11) is 0. The first kappa shape index (κ1) is 16.8. The Morgan fingerprint density at radius 2 is 2.14 bits per heavy atom. The van der Waals surface area contributed by atoms with Crippen LogP contribution < -0.4 is 10.8 Å². The lowest BCUT2D eigenvalue weighted by Gasteiger charge is -2.35. The van der Waals surface area contributed by atoms with Crippen LogP contribution in [0.25, 0.3) is 0 Å². The van der Waals surface area contributed by atoms with Gasteiger partial charge >= 0.3 is 6.03 Å². The van der Waals surface area contributed by atoms with Gasteiger partial charge in [0.05, 0.1) is 6.61 Å². The molecule has 22 heavy (non-hydrogen) atoms. The van der Waals surface area contributed by atoms with E-state index < -0.39 is 0 Å². The number of carbonyl (C=O) groups is 1. The van der Waals surface area contributed by atoms with Gasteiger partial charge in [0, 0.05) is 19.1 Å². The summed E-state index contributed by atoms with van der Waals surface area (Å²) in [5, 5.41) is 2.90. The summed E-state index contributed by atoms with van der Waals surface area (Å²) < 4.78 is 0. The van der Waals surface area contributed by atoms with Crippen LogP contribution in [0.4, 0.5) is 4.79 Å². The fraction of sp³-hybridized carbons (Fsp3) is 0.588. The minimum atomic E-state index is -0.266. The SMILES string of the molecule is CC(C)N1CCCC(CNC(=O)NOCc2ccccc2)C1. The number of carbonyl (C=O) groups excluding carboxylic acids is 1. The summed E-state index contributed by atoms with van der Waals surface area (Å²) in [6.07, 6.45) is 2.38. The van der Waals surface area contributed by atoms with E-state index in [1.807, 2.05) is 30.3 Å². The smallest absolute Gasteiger partial charge is 0.336 e. The Balaban J connectivity index is 1.61. The lowest BCUT2D eigenvalue weighted by Crippen LogP contribution is -2.45. The summed E-state index contributed by atoms with van der Waals surface area (Å²) in [5.41, 5.74) is 3.47.